The summed E-state index contributed by atoms with van der Waals surface area (Å²) in [6, 6.07) is 10.1. The number of rotatable bonds is 6. The highest BCUT2D eigenvalue weighted by atomic mass is 16.5. The maximum Gasteiger partial charge on any atom is 0.272 e. The second-order valence-electron chi connectivity index (χ2n) is 8.01. The van der Waals surface area contributed by atoms with Gasteiger partial charge in [-0.1, -0.05) is 25.1 Å². The first kappa shape index (κ1) is 19.2. The molecule has 6 heteroatoms. The number of aromatic nitrogens is 2. The van der Waals surface area contributed by atoms with Crippen LogP contribution in [0.4, 0.5) is 0 Å². The molecule has 0 saturated carbocycles. The van der Waals surface area contributed by atoms with Crippen LogP contribution in [0.1, 0.15) is 48.4 Å². The topological polar surface area (TPSA) is 59.4 Å². The zero-order valence-corrected chi connectivity index (χ0v) is 16.9. The number of amides is 1. The molecule has 1 atom stereocenters. The first-order chi connectivity index (χ1) is 13.6. The normalized spacial score (nSPS) is 19.2. The van der Waals surface area contributed by atoms with Crippen LogP contribution in [-0.2, 0) is 17.6 Å². The molecule has 150 valence electrons. The van der Waals surface area contributed by atoms with Gasteiger partial charge < -0.3 is 10.1 Å². The van der Waals surface area contributed by atoms with Crippen LogP contribution >= 0.6 is 0 Å². The number of fused-ring (bicyclic) bond motifs is 1. The van der Waals surface area contributed by atoms with Gasteiger partial charge in [-0.05, 0) is 44.7 Å². The number of carbonyl (C=O) groups is 1. The van der Waals surface area contributed by atoms with E-state index in [2.05, 4.69) is 24.1 Å². The fourth-order valence-electron chi connectivity index (χ4n) is 4.32. The van der Waals surface area contributed by atoms with E-state index < -0.39 is 0 Å². The van der Waals surface area contributed by atoms with Crippen LogP contribution < -0.4 is 5.32 Å². The number of hydrogen-bond donors (Lipinski definition) is 1. The Kier molecular flexibility index (Phi) is 5.51. The van der Waals surface area contributed by atoms with Gasteiger partial charge in [-0.3, -0.25) is 9.69 Å². The van der Waals surface area contributed by atoms with E-state index >= 15 is 0 Å². The molecule has 2 aliphatic rings. The molecule has 1 aromatic heterocycles. The molecule has 0 bridgehead atoms. The maximum atomic E-state index is 13.1. The molecule has 6 nitrogen and oxygen atoms in total. The highest BCUT2D eigenvalue weighted by molar-refractivity contribution is 5.94. The van der Waals surface area contributed by atoms with Gasteiger partial charge in [0.1, 0.15) is 0 Å². The summed E-state index contributed by atoms with van der Waals surface area (Å²) in [5.74, 6) is -0.0548. The van der Waals surface area contributed by atoms with E-state index in [-0.39, 0.29) is 11.4 Å². The van der Waals surface area contributed by atoms with Crippen LogP contribution in [0.2, 0.25) is 0 Å². The van der Waals surface area contributed by atoms with Crippen molar-refractivity contribution in [3.05, 3.63) is 47.3 Å². The van der Waals surface area contributed by atoms with Crippen LogP contribution in [0.25, 0.3) is 5.69 Å². The maximum absolute atomic E-state index is 13.1. The average Bonchev–Trinajstić information content (AvgIpc) is 3.36. The predicted octanol–water partition coefficient (Wildman–Crippen LogP) is 2.59. The first-order valence-corrected chi connectivity index (χ1v) is 10.4. The molecule has 1 aliphatic carbocycles. The van der Waals surface area contributed by atoms with Crippen molar-refractivity contribution in [2.24, 2.45) is 0 Å². The van der Waals surface area contributed by atoms with Crippen LogP contribution in [-0.4, -0.2) is 59.0 Å². The van der Waals surface area contributed by atoms with Crippen molar-refractivity contribution >= 4 is 5.91 Å². The summed E-state index contributed by atoms with van der Waals surface area (Å²) in [7, 11) is 0. The largest absolute Gasteiger partial charge is 0.379 e. The monoisotopic (exact) mass is 382 g/mol. The lowest BCUT2D eigenvalue weighted by Crippen LogP contribution is -2.56. The fourth-order valence-corrected chi connectivity index (χ4v) is 4.32. The predicted molar refractivity (Wildman–Crippen MR) is 109 cm³/mol. The summed E-state index contributed by atoms with van der Waals surface area (Å²) >= 11 is 0. The Labute approximate surface area is 166 Å². The molecule has 1 aliphatic heterocycles. The number of nitrogens with one attached hydrogen (secondary N) is 1. The Morgan fingerprint density at radius 3 is 2.68 bits per heavy atom. The van der Waals surface area contributed by atoms with Gasteiger partial charge in [0.05, 0.1) is 18.9 Å². The number of benzene rings is 1. The summed E-state index contributed by atoms with van der Waals surface area (Å²) in [6.07, 6.45) is 3.97. The minimum absolute atomic E-state index is 0.0548. The van der Waals surface area contributed by atoms with E-state index in [1.807, 2.05) is 35.0 Å². The Morgan fingerprint density at radius 2 is 1.96 bits per heavy atom. The van der Waals surface area contributed by atoms with Gasteiger partial charge >= 0.3 is 0 Å². The Hall–Kier alpha value is -2.18. The zero-order chi connectivity index (χ0) is 19.6. The van der Waals surface area contributed by atoms with E-state index in [1.54, 1.807) is 0 Å². The zero-order valence-electron chi connectivity index (χ0n) is 16.9. The van der Waals surface area contributed by atoms with Crippen molar-refractivity contribution in [3.63, 3.8) is 0 Å². The van der Waals surface area contributed by atoms with E-state index in [1.165, 1.54) is 5.69 Å². The molecular formula is C22H30N4O2. The third-order valence-corrected chi connectivity index (χ3v) is 6.31. The van der Waals surface area contributed by atoms with Gasteiger partial charge in [-0.15, -0.1) is 0 Å². The van der Waals surface area contributed by atoms with Crippen molar-refractivity contribution < 1.29 is 9.53 Å². The molecule has 4 rings (SSSR count). The van der Waals surface area contributed by atoms with Crippen LogP contribution in [0, 0.1) is 0 Å². The number of ether oxygens (including phenoxy) is 1. The summed E-state index contributed by atoms with van der Waals surface area (Å²) in [5.41, 5.74) is 3.85. The molecule has 1 aromatic carbocycles. The van der Waals surface area contributed by atoms with E-state index in [4.69, 9.17) is 9.84 Å². The van der Waals surface area contributed by atoms with Crippen molar-refractivity contribution in [1.82, 2.24) is 20.0 Å². The molecule has 2 heterocycles. The van der Waals surface area contributed by atoms with Crippen molar-refractivity contribution in [3.8, 4) is 5.69 Å². The van der Waals surface area contributed by atoms with E-state index in [9.17, 15) is 4.79 Å². The second kappa shape index (κ2) is 8.05. The molecule has 1 fully saturated rings. The highest BCUT2D eigenvalue weighted by Crippen LogP contribution is 2.28. The smallest absolute Gasteiger partial charge is 0.272 e. The molecule has 1 unspecified atom stereocenters. The molecule has 1 N–H and O–H groups in total. The van der Waals surface area contributed by atoms with E-state index in [0.29, 0.717) is 12.2 Å². The third kappa shape index (κ3) is 3.59. The van der Waals surface area contributed by atoms with Gasteiger partial charge in [-0.25, -0.2) is 4.68 Å². The molecule has 28 heavy (non-hydrogen) atoms. The highest BCUT2D eigenvalue weighted by Gasteiger charge is 2.33. The van der Waals surface area contributed by atoms with Crippen LogP contribution in [0.3, 0.4) is 0 Å². The minimum Gasteiger partial charge on any atom is -0.379 e. The Balaban J connectivity index is 1.52. The summed E-state index contributed by atoms with van der Waals surface area (Å²) in [4.78, 5) is 15.5. The van der Waals surface area contributed by atoms with Crippen LogP contribution in [0.15, 0.2) is 30.3 Å². The number of nitrogens with zero attached hydrogens (tertiary/aromatic N) is 3. The second-order valence-corrected chi connectivity index (χ2v) is 8.01. The Morgan fingerprint density at radius 1 is 1.21 bits per heavy atom. The minimum atomic E-state index is -0.0649. The number of hydrogen-bond acceptors (Lipinski definition) is 4. The van der Waals surface area contributed by atoms with E-state index in [0.717, 1.165) is 63.2 Å². The number of para-hydroxylation sites is 1. The van der Waals surface area contributed by atoms with Gasteiger partial charge in [0.15, 0.2) is 5.69 Å². The summed E-state index contributed by atoms with van der Waals surface area (Å²) < 4.78 is 7.44. The first-order valence-electron chi connectivity index (χ1n) is 10.4. The Bertz CT molecular complexity index is 827. The van der Waals surface area contributed by atoms with Gasteiger partial charge in [0, 0.05) is 36.4 Å². The summed E-state index contributed by atoms with van der Waals surface area (Å²) in [5, 5.41) is 7.90. The molecule has 1 saturated heterocycles. The summed E-state index contributed by atoms with van der Waals surface area (Å²) in [6.45, 7) is 8.39. The van der Waals surface area contributed by atoms with Gasteiger partial charge in [-0.2, -0.15) is 5.10 Å². The van der Waals surface area contributed by atoms with Crippen LogP contribution in [0.5, 0.6) is 0 Å². The number of carbonyl (C=O) groups excluding carboxylic acids is 1. The lowest BCUT2D eigenvalue weighted by atomic mass is 9.95. The molecule has 1 amide bonds. The van der Waals surface area contributed by atoms with Gasteiger partial charge in [0.2, 0.25) is 0 Å². The fraction of sp³-hybridized carbons (Fsp3) is 0.545. The van der Waals surface area contributed by atoms with Crippen molar-refractivity contribution in [2.45, 2.75) is 45.1 Å². The SMILES string of the molecule is CCC(C)(CNC(=O)c1nn(-c2ccccc2)c2c1CCC2)N1CCOCC1. The molecule has 0 radical (unpaired) electrons. The molecule has 2 aromatic rings. The standard InChI is InChI=1S/C22H30N4O2/c1-3-22(2,25-12-14-28-15-13-25)16-23-21(27)20-18-10-7-11-19(18)26(24-20)17-8-5-4-6-9-17/h4-6,8-9H,3,7,10-16H2,1-2H3,(H,23,27). The quantitative estimate of drug-likeness (QED) is 0.834. The molecule has 0 spiro atoms. The lowest BCUT2D eigenvalue weighted by molar-refractivity contribution is -0.0169. The van der Waals surface area contributed by atoms with Gasteiger partial charge in [0.25, 0.3) is 5.91 Å². The van der Waals surface area contributed by atoms with Crippen molar-refractivity contribution in [2.75, 3.05) is 32.8 Å². The van der Waals surface area contributed by atoms with Crippen molar-refractivity contribution in [1.29, 1.82) is 0 Å². The molecular weight excluding hydrogens is 352 g/mol. The third-order valence-electron chi connectivity index (χ3n) is 6.31. The lowest BCUT2D eigenvalue weighted by Gasteiger charge is -2.43. The average molecular weight is 383 g/mol. The number of morpholine rings is 1.